The van der Waals surface area contributed by atoms with E-state index in [2.05, 4.69) is 4.40 Å². The summed E-state index contributed by atoms with van der Waals surface area (Å²) >= 11 is 0. The van der Waals surface area contributed by atoms with Crippen molar-refractivity contribution in [3.63, 3.8) is 0 Å². The molecule has 3 rings (SSSR count). The van der Waals surface area contributed by atoms with Crippen molar-refractivity contribution in [2.45, 2.75) is 11.8 Å². The highest BCUT2D eigenvalue weighted by Gasteiger charge is 2.16. The number of nitrogens with zero attached hydrogens (tertiary/aromatic N) is 1. The van der Waals surface area contributed by atoms with E-state index in [1.54, 1.807) is 54.6 Å². The normalized spacial score (nSPS) is 17.7. The van der Waals surface area contributed by atoms with Crippen molar-refractivity contribution >= 4 is 21.5 Å². The zero-order valence-corrected chi connectivity index (χ0v) is 14.4. The van der Waals surface area contributed by atoms with Crippen molar-refractivity contribution < 1.29 is 13.5 Å². The summed E-state index contributed by atoms with van der Waals surface area (Å²) in [7, 11) is -3.90. The maximum atomic E-state index is 12.7. The first-order valence-electron chi connectivity index (χ1n) is 7.71. The summed E-state index contributed by atoms with van der Waals surface area (Å²) in [5.74, 6) is -0.265. The lowest BCUT2D eigenvalue weighted by molar-refractivity contribution is -0.244. The summed E-state index contributed by atoms with van der Waals surface area (Å²) < 4.78 is 29.0. The highest BCUT2D eigenvalue weighted by molar-refractivity contribution is 7.90. The molecule has 4 nitrogen and oxygen atoms in total. The summed E-state index contributed by atoms with van der Waals surface area (Å²) in [4.78, 5) is 0.0973. The maximum Gasteiger partial charge on any atom is 0.282 e. The molecule has 2 aromatic rings. The van der Waals surface area contributed by atoms with Crippen LogP contribution in [0.25, 0.3) is 5.76 Å². The minimum atomic E-state index is -3.90. The van der Waals surface area contributed by atoms with Crippen LogP contribution in [0.1, 0.15) is 11.1 Å². The molecule has 0 fully saturated rings. The first-order chi connectivity index (χ1) is 12.0. The van der Waals surface area contributed by atoms with Crippen LogP contribution in [0.5, 0.6) is 0 Å². The Hall–Kier alpha value is -2.92. The van der Waals surface area contributed by atoms with Crippen LogP contribution in [0, 0.1) is 6.92 Å². The highest BCUT2D eigenvalue weighted by atomic mass is 32.2. The Bertz CT molecular complexity index is 997. The Balaban J connectivity index is 2.08. The summed E-state index contributed by atoms with van der Waals surface area (Å²) in [6.07, 6.45) is 6.46. The van der Waals surface area contributed by atoms with E-state index in [0.717, 1.165) is 5.56 Å². The van der Waals surface area contributed by atoms with Gasteiger partial charge in [0, 0.05) is 0 Å². The molecule has 0 saturated carbocycles. The van der Waals surface area contributed by atoms with Gasteiger partial charge in [-0.2, -0.15) is 12.8 Å². The predicted octanol–water partition coefficient (Wildman–Crippen LogP) is 3.02. The SMILES string of the molecule is Cc1ccc(S(=O)(=O)N=C2C=CC=CC2=C([O-])c2ccccc2)cc1. The van der Waals surface area contributed by atoms with Crippen molar-refractivity contribution in [2.24, 2.45) is 4.40 Å². The van der Waals surface area contributed by atoms with Gasteiger partial charge in [0.2, 0.25) is 0 Å². The van der Waals surface area contributed by atoms with Gasteiger partial charge in [-0.05, 0) is 36.3 Å². The Morgan fingerprint density at radius 2 is 1.56 bits per heavy atom. The lowest BCUT2D eigenvalue weighted by Crippen LogP contribution is -2.14. The fourth-order valence-corrected chi connectivity index (χ4v) is 3.39. The van der Waals surface area contributed by atoms with E-state index in [0.29, 0.717) is 5.56 Å². The smallest absolute Gasteiger partial charge is 0.282 e. The van der Waals surface area contributed by atoms with E-state index in [1.165, 1.54) is 18.2 Å². The minimum Gasteiger partial charge on any atom is -0.872 e. The van der Waals surface area contributed by atoms with Crippen LogP contribution in [0.2, 0.25) is 0 Å². The molecule has 0 heterocycles. The first-order valence-corrected chi connectivity index (χ1v) is 9.15. The van der Waals surface area contributed by atoms with Crippen LogP contribution >= 0.6 is 0 Å². The van der Waals surface area contributed by atoms with E-state index in [1.807, 2.05) is 13.0 Å². The molecule has 0 amide bonds. The van der Waals surface area contributed by atoms with Crippen LogP contribution in [-0.4, -0.2) is 14.1 Å². The van der Waals surface area contributed by atoms with Gasteiger partial charge in [-0.25, -0.2) is 0 Å². The van der Waals surface area contributed by atoms with Crippen LogP contribution < -0.4 is 5.11 Å². The third-order valence-corrected chi connectivity index (χ3v) is 5.03. The Labute approximate surface area is 147 Å². The number of allylic oxidation sites excluding steroid dienone is 5. The molecule has 0 bridgehead atoms. The molecule has 0 saturated heterocycles. The van der Waals surface area contributed by atoms with Crippen molar-refractivity contribution in [1.82, 2.24) is 0 Å². The number of aryl methyl sites for hydroxylation is 1. The lowest BCUT2D eigenvalue weighted by atomic mass is 10.0. The lowest BCUT2D eigenvalue weighted by Gasteiger charge is -2.19. The predicted molar refractivity (Wildman–Crippen MR) is 97.4 cm³/mol. The molecule has 126 valence electrons. The topological polar surface area (TPSA) is 69.6 Å². The van der Waals surface area contributed by atoms with Crippen LogP contribution in [-0.2, 0) is 10.0 Å². The van der Waals surface area contributed by atoms with E-state index >= 15 is 0 Å². The van der Waals surface area contributed by atoms with Gasteiger partial charge in [-0.1, -0.05) is 72.0 Å². The molecule has 1 aliphatic rings. The zero-order valence-electron chi connectivity index (χ0n) is 13.6. The molecule has 25 heavy (non-hydrogen) atoms. The largest absolute Gasteiger partial charge is 0.872 e. The molecule has 0 aliphatic heterocycles. The summed E-state index contributed by atoms with van der Waals surface area (Å²) in [6.45, 7) is 1.88. The quantitative estimate of drug-likeness (QED) is 0.799. The number of hydrogen-bond donors (Lipinski definition) is 0. The molecule has 0 radical (unpaired) electrons. The third kappa shape index (κ3) is 3.78. The monoisotopic (exact) mass is 350 g/mol. The molecular weight excluding hydrogens is 334 g/mol. The second-order valence-electron chi connectivity index (χ2n) is 5.59. The molecule has 0 N–H and O–H groups in total. The van der Waals surface area contributed by atoms with Crippen molar-refractivity contribution in [1.29, 1.82) is 0 Å². The molecule has 2 aromatic carbocycles. The maximum absolute atomic E-state index is 12.7. The molecule has 5 heteroatoms. The van der Waals surface area contributed by atoms with Crippen molar-refractivity contribution in [3.05, 3.63) is 95.6 Å². The second-order valence-corrected chi connectivity index (χ2v) is 7.20. The number of sulfonamides is 1. The van der Waals surface area contributed by atoms with E-state index in [4.69, 9.17) is 0 Å². The molecule has 0 aromatic heterocycles. The van der Waals surface area contributed by atoms with Crippen LogP contribution in [0.15, 0.2) is 93.8 Å². The number of rotatable bonds is 3. The summed E-state index contributed by atoms with van der Waals surface area (Å²) in [5, 5.41) is 12.7. The summed E-state index contributed by atoms with van der Waals surface area (Å²) in [5.41, 5.74) is 1.83. The standard InChI is InChI=1S/C20H17NO3S/c1-15-11-13-17(14-12-15)25(23,24)21-19-10-6-5-9-18(19)20(22)16-7-3-2-4-8-16/h2-14,22H,1H3/p-1. The summed E-state index contributed by atoms with van der Waals surface area (Å²) in [6, 6.07) is 15.2. The second kappa shape index (κ2) is 6.91. The average Bonchev–Trinajstić information content (AvgIpc) is 2.62. The Morgan fingerprint density at radius 1 is 0.920 bits per heavy atom. The fourth-order valence-electron chi connectivity index (χ4n) is 2.38. The van der Waals surface area contributed by atoms with Gasteiger partial charge in [0.05, 0.1) is 10.6 Å². The van der Waals surface area contributed by atoms with Gasteiger partial charge >= 0.3 is 0 Å². The van der Waals surface area contributed by atoms with Gasteiger partial charge in [-0.15, -0.1) is 0 Å². The van der Waals surface area contributed by atoms with E-state index < -0.39 is 10.0 Å². The van der Waals surface area contributed by atoms with Gasteiger partial charge in [0.25, 0.3) is 10.0 Å². The highest BCUT2D eigenvalue weighted by Crippen LogP contribution is 2.21. The van der Waals surface area contributed by atoms with Crippen LogP contribution in [0.4, 0.5) is 0 Å². The molecule has 0 atom stereocenters. The van der Waals surface area contributed by atoms with E-state index in [9.17, 15) is 13.5 Å². The Morgan fingerprint density at radius 3 is 2.24 bits per heavy atom. The van der Waals surface area contributed by atoms with Gasteiger partial charge in [0.15, 0.2) is 0 Å². The third-order valence-electron chi connectivity index (χ3n) is 3.72. The van der Waals surface area contributed by atoms with Gasteiger partial charge < -0.3 is 5.11 Å². The molecule has 0 spiro atoms. The number of benzene rings is 2. The van der Waals surface area contributed by atoms with Gasteiger partial charge in [-0.3, -0.25) is 0 Å². The van der Waals surface area contributed by atoms with Crippen LogP contribution in [0.3, 0.4) is 0 Å². The molecule has 1 aliphatic carbocycles. The van der Waals surface area contributed by atoms with Gasteiger partial charge in [0.1, 0.15) is 0 Å². The average molecular weight is 350 g/mol. The van der Waals surface area contributed by atoms with E-state index in [-0.39, 0.29) is 21.9 Å². The minimum absolute atomic E-state index is 0.0973. The van der Waals surface area contributed by atoms with Crippen molar-refractivity contribution in [3.8, 4) is 0 Å². The molecular formula is C20H16NO3S-. The Kier molecular flexibility index (Phi) is 4.67. The fraction of sp³-hybridized carbons (Fsp3) is 0.0500. The molecule has 0 unspecified atom stereocenters. The van der Waals surface area contributed by atoms with Crippen molar-refractivity contribution in [2.75, 3.05) is 0 Å². The zero-order chi connectivity index (χ0) is 17.9. The number of hydrogen-bond acceptors (Lipinski definition) is 3. The first kappa shape index (κ1) is 16.9.